The van der Waals surface area contributed by atoms with E-state index >= 15 is 0 Å². The molecule has 142 valence electrons. The van der Waals surface area contributed by atoms with Crippen LogP contribution >= 0.6 is 0 Å². The summed E-state index contributed by atoms with van der Waals surface area (Å²) in [7, 11) is 0. The average molecular weight is 367 g/mol. The summed E-state index contributed by atoms with van der Waals surface area (Å²) in [6.07, 6.45) is 2.19. The maximum absolute atomic E-state index is 12.8. The maximum atomic E-state index is 12.8. The predicted octanol–water partition coefficient (Wildman–Crippen LogP) is 1.50. The summed E-state index contributed by atoms with van der Waals surface area (Å²) < 4.78 is 0. The molecule has 0 radical (unpaired) electrons. The van der Waals surface area contributed by atoms with Crippen LogP contribution in [0.5, 0.6) is 0 Å². The van der Waals surface area contributed by atoms with Gasteiger partial charge in [-0.15, -0.1) is 0 Å². The summed E-state index contributed by atoms with van der Waals surface area (Å²) >= 11 is 0. The van der Waals surface area contributed by atoms with Crippen molar-refractivity contribution < 1.29 is 9.59 Å². The highest BCUT2D eigenvalue weighted by Crippen LogP contribution is 2.20. The molecule has 2 heterocycles. The van der Waals surface area contributed by atoms with E-state index in [9.17, 15) is 9.59 Å². The van der Waals surface area contributed by atoms with Crippen LogP contribution in [0.4, 0.5) is 0 Å². The Morgan fingerprint density at radius 1 is 1.15 bits per heavy atom. The first-order valence-electron chi connectivity index (χ1n) is 9.56. The molecule has 2 fully saturated rings. The number of nitrogens with one attached hydrogen (secondary N) is 2. The van der Waals surface area contributed by atoms with Gasteiger partial charge in [0.05, 0.1) is 11.7 Å². The number of aromatic amines is 1. The van der Waals surface area contributed by atoms with Crippen molar-refractivity contribution in [3.8, 4) is 11.3 Å². The largest absolute Gasteiger partial charge is 0.352 e. The third-order valence-corrected chi connectivity index (χ3v) is 5.33. The van der Waals surface area contributed by atoms with E-state index in [-0.39, 0.29) is 17.9 Å². The first kappa shape index (κ1) is 17.7. The minimum absolute atomic E-state index is 0.0422. The standard InChI is InChI=1S/C20H25N5O2/c1-14(19(26)21-16-7-8-16)24-9-11-25(12-10-24)20(27)18-13-17(22-23-18)15-5-3-2-4-6-15/h2-6,13-14,16H,7-12H2,1H3,(H,21,26)(H,22,23)/t14-/m1/s1. The first-order chi connectivity index (χ1) is 13.1. The number of H-pyrrole nitrogens is 1. The fraction of sp³-hybridized carbons (Fsp3) is 0.450. The number of hydrogen-bond donors (Lipinski definition) is 2. The summed E-state index contributed by atoms with van der Waals surface area (Å²) in [6.45, 7) is 4.56. The fourth-order valence-corrected chi connectivity index (χ4v) is 3.39. The number of amides is 2. The summed E-state index contributed by atoms with van der Waals surface area (Å²) in [5, 5.41) is 10.2. The van der Waals surface area contributed by atoms with Crippen LogP contribution < -0.4 is 5.32 Å². The van der Waals surface area contributed by atoms with Gasteiger partial charge < -0.3 is 10.2 Å². The van der Waals surface area contributed by atoms with Crippen LogP contribution in [0, 0.1) is 0 Å². The van der Waals surface area contributed by atoms with Crippen molar-refractivity contribution in [3.63, 3.8) is 0 Å². The van der Waals surface area contributed by atoms with E-state index < -0.39 is 0 Å². The van der Waals surface area contributed by atoms with Gasteiger partial charge in [0.1, 0.15) is 5.69 Å². The lowest BCUT2D eigenvalue weighted by atomic mass is 10.1. The normalized spacial score (nSPS) is 18.9. The van der Waals surface area contributed by atoms with Gasteiger partial charge in [-0.1, -0.05) is 30.3 Å². The molecule has 1 aromatic heterocycles. The molecule has 0 spiro atoms. The zero-order valence-electron chi connectivity index (χ0n) is 15.5. The second-order valence-electron chi connectivity index (χ2n) is 7.32. The van der Waals surface area contributed by atoms with Crippen molar-refractivity contribution in [2.24, 2.45) is 0 Å². The van der Waals surface area contributed by atoms with E-state index in [4.69, 9.17) is 0 Å². The molecule has 2 N–H and O–H groups in total. The SMILES string of the molecule is C[C@H](C(=O)NC1CC1)N1CCN(C(=O)c2cc(-c3ccccc3)n[nH]2)CC1. The number of hydrogen-bond acceptors (Lipinski definition) is 4. The van der Waals surface area contributed by atoms with Gasteiger partial charge in [0.25, 0.3) is 5.91 Å². The summed E-state index contributed by atoms with van der Waals surface area (Å²) in [4.78, 5) is 29.0. The highest BCUT2D eigenvalue weighted by atomic mass is 16.2. The maximum Gasteiger partial charge on any atom is 0.271 e. The quantitative estimate of drug-likeness (QED) is 0.839. The molecule has 2 aromatic rings. The smallest absolute Gasteiger partial charge is 0.271 e. The van der Waals surface area contributed by atoms with Gasteiger partial charge in [0.2, 0.25) is 5.91 Å². The molecule has 7 heteroatoms. The minimum atomic E-state index is -0.153. The molecule has 2 amide bonds. The molecule has 0 unspecified atom stereocenters. The van der Waals surface area contributed by atoms with Gasteiger partial charge in [-0.3, -0.25) is 19.6 Å². The van der Waals surface area contributed by atoms with E-state index in [1.165, 1.54) is 0 Å². The third kappa shape index (κ3) is 4.03. The van der Waals surface area contributed by atoms with Crippen molar-refractivity contribution in [3.05, 3.63) is 42.1 Å². The number of carbonyl (C=O) groups excluding carboxylic acids is 2. The minimum Gasteiger partial charge on any atom is -0.352 e. The second kappa shape index (κ2) is 7.52. The van der Waals surface area contributed by atoms with Gasteiger partial charge in [-0.25, -0.2) is 0 Å². The van der Waals surface area contributed by atoms with Crippen molar-refractivity contribution in [2.45, 2.75) is 31.8 Å². The van der Waals surface area contributed by atoms with Gasteiger partial charge in [0, 0.05) is 37.8 Å². The van der Waals surface area contributed by atoms with Crippen molar-refractivity contribution >= 4 is 11.8 Å². The monoisotopic (exact) mass is 367 g/mol. The summed E-state index contributed by atoms with van der Waals surface area (Å²) in [5.74, 6) is 0.0535. The molecule has 1 saturated heterocycles. The van der Waals surface area contributed by atoms with Crippen LogP contribution in [0.3, 0.4) is 0 Å². The van der Waals surface area contributed by atoms with Crippen molar-refractivity contribution in [1.82, 2.24) is 25.3 Å². The van der Waals surface area contributed by atoms with Crippen molar-refractivity contribution in [1.29, 1.82) is 0 Å². The zero-order valence-corrected chi connectivity index (χ0v) is 15.5. The Hall–Kier alpha value is -2.67. The number of benzene rings is 1. The van der Waals surface area contributed by atoms with Crippen LogP contribution in [0.2, 0.25) is 0 Å². The van der Waals surface area contributed by atoms with Gasteiger partial charge in [0.15, 0.2) is 0 Å². The lowest BCUT2D eigenvalue weighted by molar-refractivity contribution is -0.126. The number of rotatable bonds is 5. The Balaban J connectivity index is 1.33. The van der Waals surface area contributed by atoms with E-state index in [1.54, 1.807) is 6.07 Å². The Kier molecular flexibility index (Phi) is 4.94. The van der Waals surface area contributed by atoms with Gasteiger partial charge >= 0.3 is 0 Å². The van der Waals surface area contributed by atoms with Crippen LogP contribution in [0.15, 0.2) is 36.4 Å². The zero-order chi connectivity index (χ0) is 18.8. The molecule has 7 nitrogen and oxygen atoms in total. The molecule has 1 aliphatic heterocycles. The molecular formula is C20H25N5O2. The first-order valence-corrected chi connectivity index (χ1v) is 9.56. The van der Waals surface area contributed by atoms with Gasteiger partial charge in [-0.2, -0.15) is 5.10 Å². The Labute approximate surface area is 158 Å². The fourth-order valence-electron chi connectivity index (χ4n) is 3.39. The Bertz CT molecular complexity index is 807. The second-order valence-corrected chi connectivity index (χ2v) is 7.32. The Morgan fingerprint density at radius 2 is 1.85 bits per heavy atom. The highest BCUT2D eigenvalue weighted by molar-refractivity contribution is 5.93. The molecular weight excluding hydrogens is 342 g/mol. The number of carbonyl (C=O) groups is 2. The van der Waals surface area contributed by atoms with Crippen LogP contribution in [-0.4, -0.2) is 70.1 Å². The third-order valence-electron chi connectivity index (χ3n) is 5.33. The van der Waals surface area contributed by atoms with E-state index in [2.05, 4.69) is 20.4 Å². The highest BCUT2D eigenvalue weighted by Gasteiger charge is 2.31. The Morgan fingerprint density at radius 3 is 2.52 bits per heavy atom. The van der Waals surface area contributed by atoms with Crippen molar-refractivity contribution in [2.75, 3.05) is 26.2 Å². The van der Waals surface area contributed by atoms with Crippen LogP contribution in [0.1, 0.15) is 30.3 Å². The van der Waals surface area contributed by atoms with Gasteiger partial charge in [-0.05, 0) is 25.8 Å². The van der Waals surface area contributed by atoms with E-state index in [0.29, 0.717) is 37.9 Å². The molecule has 1 saturated carbocycles. The summed E-state index contributed by atoms with van der Waals surface area (Å²) in [5.41, 5.74) is 2.25. The number of nitrogens with zero attached hydrogens (tertiary/aromatic N) is 3. The summed E-state index contributed by atoms with van der Waals surface area (Å²) in [6, 6.07) is 11.8. The van der Waals surface area contributed by atoms with E-state index in [0.717, 1.165) is 24.1 Å². The van der Waals surface area contributed by atoms with E-state index in [1.807, 2.05) is 42.2 Å². The molecule has 1 aromatic carbocycles. The molecule has 27 heavy (non-hydrogen) atoms. The average Bonchev–Trinajstić information content (AvgIpc) is 3.39. The lowest BCUT2D eigenvalue weighted by Crippen LogP contribution is -2.55. The number of piperazine rings is 1. The molecule has 2 aliphatic rings. The molecule has 1 atom stereocenters. The molecule has 4 rings (SSSR count). The van der Waals surface area contributed by atoms with Crippen LogP contribution in [-0.2, 0) is 4.79 Å². The molecule has 0 bridgehead atoms. The topological polar surface area (TPSA) is 81.3 Å². The lowest BCUT2D eigenvalue weighted by Gasteiger charge is -2.37. The predicted molar refractivity (Wildman–Crippen MR) is 102 cm³/mol. The molecule has 1 aliphatic carbocycles. The van der Waals surface area contributed by atoms with Crippen LogP contribution in [0.25, 0.3) is 11.3 Å². The number of aromatic nitrogens is 2.